The highest BCUT2D eigenvalue weighted by molar-refractivity contribution is 5.77. The molecule has 1 aromatic rings. The lowest BCUT2D eigenvalue weighted by Gasteiger charge is -2.00. The molecule has 1 aromatic heterocycles. The number of aromatic nitrogens is 1. The SMILES string of the molecule is C=CCn1cccc1/C=N\OCC(=O)O. The second-order valence-corrected chi connectivity index (χ2v) is 2.78. The molecule has 5 heteroatoms. The number of carboxylic acid groups (broad SMARTS) is 1. The zero-order valence-corrected chi connectivity index (χ0v) is 8.17. The van der Waals surface area contributed by atoms with Gasteiger partial charge in [0.1, 0.15) is 0 Å². The summed E-state index contributed by atoms with van der Waals surface area (Å²) in [6, 6.07) is 3.71. The van der Waals surface area contributed by atoms with E-state index in [1.54, 1.807) is 6.08 Å². The number of carboxylic acids is 1. The minimum Gasteiger partial charge on any atom is -0.479 e. The number of aliphatic carboxylic acids is 1. The fourth-order valence-corrected chi connectivity index (χ4v) is 1.03. The van der Waals surface area contributed by atoms with E-state index in [9.17, 15) is 4.79 Å². The first-order valence-electron chi connectivity index (χ1n) is 4.37. The van der Waals surface area contributed by atoms with Gasteiger partial charge in [0.2, 0.25) is 6.61 Å². The van der Waals surface area contributed by atoms with Crippen LogP contribution in [-0.4, -0.2) is 28.5 Å². The quantitative estimate of drug-likeness (QED) is 0.432. The number of carbonyl (C=O) groups is 1. The first kappa shape index (κ1) is 11.0. The molecule has 0 aliphatic heterocycles. The third-order valence-electron chi connectivity index (χ3n) is 1.64. The minimum absolute atomic E-state index is 0.432. The van der Waals surface area contributed by atoms with Crippen LogP contribution in [0.3, 0.4) is 0 Å². The fourth-order valence-electron chi connectivity index (χ4n) is 1.03. The van der Waals surface area contributed by atoms with Gasteiger partial charge in [-0.2, -0.15) is 0 Å². The van der Waals surface area contributed by atoms with Crippen LogP contribution in [0, 0.1) is 0 Å². The Bertz CT molecular complexity index is 368. The first-order valence-corrected chi connectivity index (χ1v) is 4.37. The lowest BCUT2D eigenvalue weighted by Crippen LogP contribution is -2.04. The van der Waals surface area contributed by atoms with Gasteiger partial charge in [-0.1, -0.05) is 11.2 Å². The summed E-state index contributed by atoms with van der Waals surface area (Å²) >= 11 is 0. The van der Waals surface area contributed by atoms with Gasteiger partial charge in [0.05, 0.1) is 11.9 Å². The summed E-state index contributed by atoms with van der Waals surface area (Å²) in [4.78, 5) is 14.6. The van der Waals surface area contributed by atoms with Gasteiger partial charge >= 0.3 is 5.97 Å². The van der Waals surface area contributed by atoms with Gasteiger partial charge in [-0.3, -0.25) is 0 Å². The summed E-state index contributed by atoms with van der Waals surface area (Å²) in [7, 11) is 0. The largest absolute Gasteiger partial charge is 0.479 e. The Balaban J connectivity index is 2.51. The highest BCUT2D eigenvalue weighted by atomic mass is 16.6. The molecule has 15 heavy (non-hydrogen) atoms. The summed E-state index contributed by atoms with van der Waals surface area (Å²) in [6.45, 7) is 3.86. The Kier molecular flexibility index (Phi) is 4.15. The van der Waals surface area contributed by atoms with Crippen LogP contribution in [0.15, 0.2) is 36.1 Å². The molecular weight excluding hydrogens is 196 g/mol. The van der Waals surface area contributed by atoms with Crippen LogP contribution in [0.4, 0.5) is 0 Å². The van der Waals surface area contributed by atoms with Crippen LogP contribution in [0.1, 0.15) is 5.69 Å². The molecule has 0 aliphatic rings. The average molecular weight is 208 g/mol. The smallest absolute Gasteiger partial charge is 0.344 e. The first-order chi connectivity index (χ1) is 7.24. The Hall–Kier alpha value is -2.04. The zero-order chi connectivity index (χ0) is 11.1. The monoisotopic (exact) mass is 208 g/mol. The Morgan fingerprint density at radius 2 is 2.53 bits per heavy atom. The predicted molar refractivity (Wildman–Crippen MR) is 55.8 cm³/mol. The molecule has 0 saturated carbocycles. The van der Waals surface area contributed by atoms with Crippen molar-refractivity contribution in [1.29, 1.82) is 0 Å². The molecular formula is C10H12N2O3. The molecule has 5 nitrogen and oxygen atoms in total. The lowest BCUT2D eigenvalue weighted by molar-refractivity contribution is -0.142. The Labute approximate surface area is 87.3 Å². The molecule has 1 N–H and O–H groups in total. The van der Waals surface area contributed by atoms with Crippen molar-refractivity contribution in [3.8, 4) is 0 Å². The maximum absolute atomic E-state index is 10.1. The minimum atomic E-state index is -1.05. The van der Waals surface area contributed by atoms with E-state index in [0.717, 1.165) is 5.69 Å². The van der Waals surface area contributed by atoms with Crippen molar-refractivity contribution in [2.45, 2.75) is 6.54 Å². The van der Waals surface area contributed by atoms with E-state index in [1.807, 2.05) is 22.9 Å². The van der Waals surface area contributed by atoms with Gasteiger partial charge in [0.15, 0.2) is 0 Å². The molecule has 0 bridgehead atoms. The highest BCUT2D eigenvalue weighted by Gasteiger charge is 1.96. The van der Waals surface area contributed by atoms with Gasteiger partial charge in [-0.05, 0) is 12.1 Å². The van der Waals surface area contributed by atoms with E-state index < -0.39 is 12.6 Å². The van der Waals surface area contributed by atoms with E-state index in [-0.39, 0.29) is 0 Å². The van der Waals surface area contributed by atoms with Crippen molar-refractivity contribution in [3.63, 3.8) is 0 Å². The Morgan fingerprint density at radius 3 is 3.20 bits per heavy atom. The third kappa shape index (κ3) is 3.68. The van der Waals surface area contributed by atoms with Gasteiger partial charge in [0, 0.05) is 12.7 Å². The highest BCUT2D eigenvalue weighted by Crippen LogP contribution is 1.99. The van der Waals surface area contributed by atoms with Crippen LogP contribution in [0.2, 0.25) is 0 Å². The van der Waals surface area contributed by atoms with Crippen molar-refractivity contribution in [3.05, 3.63) is 36.7 Å². The molecule has 0 unspecified atom stereocenters. The molecule has 0 aliphatic carbocycles. The second kappa shape index (κ2) is 5.64. The summed E-state index contributed by atoms with van der Waals surface area (Å²) in [5.74, 6) is -1.05. The van der Waals surface area contributed by atoms with Crippen molar-refractivity contribution in [1.82, 2.24) is 4.57 Å². The van der Waals surface area contributed by atoms with E-state index in [4.69, 9.17) is 5.11 Å². The summed E-state index contributed by atoms with van der Waals surface area (Å²) in [5.41, 5.74) is 0.834. The molecule has 1 heterocycles. The van der Waals surface area contributed by atoms with Gasteiger partial charge in [-0.25, -0.2) is 4.79 Å². The fraction of sp³-hybridized carbons (Fsp3) is 0.200. The topological polar surface area (TPSA) is 63.8 Å². The molecule has 0 saturated heterocycles. The molecule has 0 atom stereocenters. The number of hydrogen-bond donors (Lipinski definition) is 1. The van der Waals surface area contributed by atoms with Crippen molar-refractivity contribution in [2.24, 2.45) is 5.16 Å². The summed E-state index contributed by atoms with van der Waals surface area (Å²) in [6.07, 6.45) is 5.10. The van der Waals surface area contributed by atoms with E-state index in [2.05, 4.69) is 16.6 Å². The van der Waals surface area contributed by atoms with Crippen molar-refractivity contribution >= 4 is 12.2 Å². The van der Waals surface area contributed by atoms with Crippen LogP contribution >= 0.6 is 0 Å². The molecule has 0 spiro atoms. The number of hydrogen-bond acceptors (Lipinski definition) is 3. The molecule has 80 valence electrons. The Morgan fingerprint density at radius 1 is 1.73 bits per heavy atom. The molecule has 0 radical (unpaired) electrons. The van der Waals surface area contributed by atoms with Crippen LogP contribution in [0.25, 0.3) is 0 Å². The molecule has 0 fully saturated rings. The van der Waals surface area contributed by atoms with Crippen LogP contribution in [0.5, 0.6) is 0 Å². The standard InChI is InChI=1S/C10H12N2O3/c1-2-5-12-6-3-4-9(12)7-11-15-8-10(13)14/h2-4,6-7H,1,5,8H2,(H,13,14)/b11-7-. The average Bonchev–Trinajstić information content (AvgIpc) is 2.61. The normalized spacial score (nSPS) is 10.4. The molecule has 1 rings (SSSR count). The molecule has 0 aromatic carbocycles. The number of rotatable bonds is 6. The third-order valence-corrected chi connectivity index (χ3v) is 1.64. The van der Waals surface area contributed by atoms with Crippen LogP contribution in [-0.2, 0) is 16.2 Å². The predicted octanol–water partition coefficient (Wildman–Crippen LogP) is 1.11. The number of nitrogens with zero attached hydrogens (tertiary/aromatic N) is 2. The van der Waals surface area contributed by atoms with Crippen molar-refractivity contribution in [2.75, 3.05) is 6.61 Å². The maximum atomic E-state index is 10.1. The van der Waals surface area contributed by atoms with Gasteiger partial charge in [0.25, 0.3) is 0 Å². The van der Waals surface area contributed by atoms with E-state index in [1.165, 1.54) is 6.21 Å². The second-order valence-electron chi connectivity index (χ2n) is 2.78. The summed E-state index contributed by atoms with van der Waals surface area (Å²) < 4.78 is 1.90. The summed E-state index contributed by atoms with van der Waals surface area (Å²) in [5, 5.41) is 11.8. The number of allylic oxidation sites excluding steroid dienone is 1. The molecule has 0 amide bonds. The van der Waals surface area contributed by atoms with Gasteiger partial charge < -0.3 is 14.5 Å². The van der Waals surface area contributed by atoms with Crippen LogP contribution < -0.4 is 0 Å². The number of oxime groups is 1. The van der Waals surface area contributed by atoms with Gasteiger partial charge in [-0.15, -0.1) is 6.58 Å². The van der Waals surface area contributed by atoms with E-state index >= 15 is 0 Å². The zero-order valence-electron chi connectivity index (χ0n) is 8.17. The maximum Gasteiger partial charge on any atom is 0.344 e. The van der Waals surface area contributed by atoms with Crippen molar-refractivity contribution < 1.29 is 14.7 Å². The van der Waals surface area contributed by atoms with E-state index in [0.29, 0.717) is 6.54 Å². The lowest BCUT2D eigenvalue weighted by atomic mass is 10.4.